The van der Waals surface area contributed by atoms with Crippen molar-refractivity contribution < 1.29 is 14.4 Å². The van der Waals surface area contributed by atoms with Crippen molar-refractivity contribution in [3.05, 3.63) is 34.6 Å². The Kier molecular flexibility index (Phi) is 4.13. The van der Waals surface area contributed by atoms with E-state index in [9.17, 15) is 9.18 Å². The molecule has 0 bridgehead atoms. The van der Waals surface area contributed by atoms with Gasteiger partial charge in [-0.1, -0.05) is 29.6 Å². The summed E-state index contributed by atoms with van der Waals surface area (Å²) in [6.45, 7) is 0. The monoisotopic (exact) mass is 299 g/mol. The molecule has 1 fully saturated rings. The molecule has 0 aromatic heterocycles. The SMILES string of the molecule is N/C(=N/O)C1(NC(=O)c2cc(Cl)ccc2F)CCCC1. The first kappa shape index (κ1) is 14.6. The van der Waals surface area contributed by atoms with Crippen LogP contribution in [0.2, 0.25) is 5.02 Å². The van der Waals surface area contributed by atoms with E-state index >= 15 is 0 Å². The quantitative estimate of drug-likeness (QED) is 0.346. The Morgan fingerprint density at radius 3 is 2.70 bits per heavy atom. The van der Waals surface area contributed by atoms with Gasteiger partial charge in [0.25, 0.3) is 5.91 Å². The number of rotatable bonds is 3. The summed E-state index contributed by atoms with van der Waals surface area (Å²) < 4.78 is 13.7. The van der Waals surface area contributed by atoms with E-state index in [0.29, 0.717) is 12.8 Å². The molecule has 0 aliphatic heterocycles. The van der Waals surface area contributed by atoms with Crippen molar-refractivity contribution in [2.24, 2.45) is 10.9 Å². The number of nitrogens with two attached hydrogens (primary N) is 1. The van der Waals surface area contributed by atoms with Crippen LogP contribution in [-0.2, 0) is 0 Å². The van der Waals surface area contributed by atoms with E-state index in [1.165, 1.54) is 12.1 Å². The minimum absolute atomic E-state index is 0.0641. The third kappa shape index (κ3) is 2.70. The molecule has 0 heterocycles. The second-order valence-electron chi connectivity index (χ2n) is 4.85. The van der Waals surface area contributed by atoms with Gasteiger partial charge in [0.15, 0.2) is 5.84 Å². The largest absolute Gasteiger partial charge is 0.409 e. The minimum atomic E-state index is -0.916. The van der Waals surface area contributed by atoms with E-state index in [1.807, 2.05) is 0 Å². The summed E-state index contributed by atoms with van der Waals surface area (Å²) >= 11 is 5.77. The van der Waals surface area contributed by atoms with Crippen LogP contribution in [0.25, 0.3) is 0 Å². The molecular formula is C13H15ClFN3O2. The first-order valence-corrected chi connectivity index (χ1v) is 6.62. The van der Waals surface area contributed by atoms with Crippen LogP contribution in [0.3, 0.4) is 0 Å². The molecule has 0 spiro atoms. The van der Waals surface area contributed by atoms with Gasteiger partial charge < -0.3 is 16.3 Å². The highest BCUT2D eigenvalue weighted by atomic mass is 35.5. The van der Waals surface area contributed by atoms with E-state index in [-0.39, 0.29) is 16.4 Å². The van der Waals surface area contributed by atoms with Crippen LogP contribution in [0.15, 0.2) is 23.4 Å². The van der Waals surface area contributed by atoms with Crippen LogP contribution < -0.4 is 11.1 Å². The van der Waals surface area contributed by atoms with Gasteiger partial charge in [-0.2, -0.15) is 0 Å². The second kappa shape index (κ2) is 5.66. The highest BCUT2D eigenvalue weighted by Gasteiger charge is 2.40. The number of oxime groups is 1. The van der Waals surface area contributed by atoms with Crippen LogP contribution in [0.5, 0.6) is 0 Å². The summed E-state index contributed by atoms with van der Waals surface area (Å²) in [5.41, 5.74) is 4.60. The normalized spacial score (nSPS) is 18.0. The van der Waals surface area contributed by atoms with E-state index in [0.717, 1.165) is 18.9 Å². The third-order valence-corrected chi connectivity index (χ3v) is 3.82. The highest BCUT2D eigenvalue weighted by molar-refractivity contribution is 6.31. The predicted molar refractivity (Wildman–Crippen MR) is 73.5 cm³/mol. The van der Waals surface area contributed by atoms with Gasteiger partial charge in [0.1, 0.15) is 11.4 Å². The van der Waals surface area contributed by atoms with Crippen molar-refractivity contribution in [1.29, 1.82) is 0 Å². The van der Waals surface area contributed by atoms with Crippen LogP contribution >= 0.6 is 11.6 Å². The maximum absolute atomic E-state index is 13.7. The molecule has 108 valence electrons. The Labute approximate surface area is 120 Å². The number of hydrogen-bond acceptors (Lipinski definition) is 3. The molecule has 5 nitrogen and oxygen atoms in total. The summed E-state index contributed by atoms with van der Waals surface area (Å²) in [6, 6.07) is 3.74. The summed E-state index contributed by atoms with van der Waals surface area (Å²) in [5, 5.41) is 14.8. The molecule has 0 atom stereocenters. The van der Waals surface area contributed by atoms with Gasteiger partial charge in [0, 0.05) is 5.02 Å². The number of nitrogens with one attached hydrogen (secondary N) is 1. The molecule has 1 amide bonds. The van der Waals surface area contributed by atoms with E-state index in [1.54, 1.807) is 0 Å². The topological polar surface area (TPSA) is 87.7 Å². The molecule has 0 saturated heterocycles. The molecule has 2 rings (SSSR count). The average molecular weight is 300 g/mol. The lowest BCUT2D eigenvalue weighted by atomic mass is 9.95. The standard InChI is InChI=1S/C13H15ClFN3O2/c14-8-3-4-10(15)9(7-8)11(19)17-13(12(16)18-20)5-1-2-6-13/h3-4,7,20H,1-2,5-6H2,(H2,16,18)(H,17,19). The smallest absolute Gasteiger partial charge is 0.255 e. The van der Waals surface area contributed by atoms with Gasteiger partial charge in [0.05, 0.1) is 5.56 Å². The zero-order valence-corrected chi connectivity index (χ0v) is 11.5. The zero-order valence-electron chi connectivity index (χ0n) is 10.7. The van der Waals surface area contributed by atoms with E-state index in [2.05, 4.69) is 10.5 Å². The Bertz CT molecular complexity index is 557. The van der Waals surface area contributed by atoms with Gasteiger partial charge in [-0.05, 0) is 31.0 Å². The fourth-order valence-corrected chi connectivity index (χ4v) is 2.65. The Hall–Kier alpha value is -1.82. The van der Waals surface area contributed by atoms with Gasteiger partial charge >= 0.3 is 0 Å². The average Bonchev–Trinajstić information content (AvgIpc) is 2.90. The van der Waals surface area contributed by atoms with Crippen molar-refractivity contribution in [3.8, 4) is 0 Å². The first-order chi connectivity index (χ1) is 9.48. The lowest BCUT2D eigenvalue weighted by molar-refractivity contribution is 0.0918. The molecule has 1 aliphatic carbocycles. The summed E-state index contributed by atoms with van der Waals surface area (Å²) in [7, 11) is 0. The molecular weight excluding hydrogens is 285 g/mol. The van der Waals surface area contributed by atoms with Crippen LogP contribution in [-0.4, -0.2) is 22.5 Å². The number of hydrogen-bond donors (Lipinski definition) is 3. The van der Waals surface area contributed by atoms with Gasteiger partial charge in [-0.3, -0.25) is 4.79 Å². The molecule has 1 saturated carbocycles. The van der Waals surface area contributed by atoms with Gasteiger partial charge in [0.2, 0.25) is 0 Å². The maximum atomic E-state index is 13.7. The Morgan fingerprint density at radius 2 is 2.10 bits per heavy atom. The summed E-state index contributed by atoms with van der Waals surface area (Å²) in [4.78, 5) is 12.2. The molecule has 1 aromatic carbocycles. The number of nitrogens with zero attached hydrogens (tertiary/aromatic N) is 1. The van der Waals surface area contributed by atoms with Crippen molar-refractivity contribution in [2.45, 2.75) is 31.2 Å². The number of carbonyl (C=O) groups is 1. The Morgan fingerprint density at radius 1 is 1.45 bits per heavy atom. The number of benzene rings is 1. The number of carbonyl (C=O) groups excluding carboxylic acids is 1. The molecule has 0 unspecified atom stereocenters. The predicted octanol–water partition coefficient (Wildman–Crippen LogP) is 2.27. The zero-order chi connectivity index (χ0) is 14.8. The molecule has 20 heavy (non-hydrogen) atoms. The molecule has 1 aliphatic rings. The fourth-order valence-electron chi connectivity index (χ4n) is 2.48. The van der Waals surface area contributed by atoms with Crippen LogP contribution in [0, 0.1) is 5.82 Å². The molecule has 4 N–H and O–H groups in total. The van der Waals surface area contributed by atoms with E-state index < -0.39 is 17.3 Å². The van der Waals surface area contributed by atoms with Crippen LogP contribution in [0.1, 0.15) is 36.0 Å². The Balaban J connectivity index is 2.27. The molecule has 1 aromatic rings. The summed E-state index contributed by atoms with van der Waals surface area (Å²) in [6.07, 6.45) is 2.79. The van der Waals surface area contributed by atoms with Crippen molar-refractivity contribution in [1.82, 2.24) is 5.32 Å². The number of amides is 1. The summed E-state index contributed by atoms with van der Waals surface area (Å²) in [5.74, 6) is -1.36. The third-order valence-electron chi connectivity index (χ3n) is 3.58. The second-order valence-corrected chi connectivity index (χ2v) is 5.29. The number of halogens is 2. The molecule has 0 radical (unpaired) electrons. The van der Waals surface area contributed by atoms with Crippen molar-refractivity contribution >= 4 is 23.3 Å². The minimum Gasteiger partial charge on any atom is -0.409 e. The lowest BCUT2D eigenvalue weighted by Gasteiger charge is -2.28. The first-order valence-electron chi connectivity index (χ1n) is 6.24. The van der Waals surface area contributed by atoms with E-state index in [4.69, 9.17) is 22.5 Å². The molecule has 7 heteroatoms. The maximum Gasteiger partial charge on any atom is 0.255 e. The number of amidine groups is 1. The van der Waals surface area contributed by atoms with Crippen molar-refractivity contribution in [2.75, 3.05) is 0 Å². The fraction of sp³-hybridized carbons (Fsp3) is 0.385. The van der Waals surface area contributed by atoms with Crippen molar-refractivity contribution in [3.63, 3.8) is 0 Å². The lowest BCUT2D eigenvalue weighted by Crippen LogP contribution is -2.55. The van der Waals surface area contributed by atoms with Gasteiger partial charge in [-0.15, -0.1) is 0 Å². The van der Waals surface area contributed by atoms with Gasteiger partial charge in [-0.25, -0.2) is 4.39 Å². The highest BCUT2D eigenvalue weighted by Crippen LogP contribution is 2.30. The van der Waals surface area contributed by atoms with Crippen LogP contribution in [0.4, 0.5) is 4.39 Å².